The number of amides is 3. The third-order valence-electron chi connectivity index (χ3n) is 11.7. The molecule has 3 saturated heterocycles. The summed E-state index contributed by atoms with van der Waals surface area (Å²) in [5, 5.41) is 6.91. The van der Waals surface area contributed by atoms with E-state index >= 15 is 0 Å². The Morgan fingerprint density at radius 2 is 1.65 bits per heavy atom. The zero-order valence-electron chi connectivity index (χ0n) is 28.4. The molecule has 9 nitrogen and oxygen atoms in total. The van der Waals surface area contributed by atoms with E-state index in [1.807, 2.05) is 18.2 Å². The van der Waals surface area contributed by atoms with Crippen LogP contribution in [0.4, 0.5) is 5.69 Å². The summed E-state index contributed by atoms with van der Waals surface area (Å²) in [5.41, 5.74) is 0.766. The summed E-state index contributed by atoms with van der Waals surface area (Å²) in [6.45, 7) is 10.6. The van der Waals surface area contributed by atoms with Crippen LogP contribution in [0.2, 0.25) is 5.02 Å². The molecule has 2 aromatic carbocycles. The Bertz CT molecular complexity index is 1520. The molecule has 3 amide bonds. The second-order valence-corrected chi connectivity index (χ2v) is 15.0. The molecule has 4 aliphatic heterocycles. The third kappa shape index (κ3) is 7.15. The number of hydrogen-bond acceptors (Lipinski definition) is 6. The second kappa shape index (κ2) is 15.1. The van der Waals surface area contributed by atoms with Crippen molar-refractivity contribution in [2.24, 2.45) is 23.7 Å². The fraction of sp³-hybridized carbons (Fsp3) is 0.553. The summed E-state index contributed by atoms with van der Waals surface area (Å²) in [7, 11) is 0. The Hall–Kier alpha value is -2.95. The van der Waals surface area contributed by atoms with E-state index in [0.29, 0.717) is 29.1 Å². The van der Waals surface area contributed by atoms with Crippen molar-refractivity contribution < 1.29 is 19.1 Å². The van der Waals surface area contributed by atoms with Crippen molar-refractivity contribution in [3.05, 3.63) is 77.3 Å². The summed E-state index contributed by atoms with van der Waals surface area (Å²) < 4.78 is 6.57. The van der Waals surface area contributed by atoms with Gasteiger partial charge in [-0.25, -0.2) is 0 Å². The Balaban J connectivity index is 0.00000417. The molecule has 2 bridgehead atoms. The van der Waals surface area contributed by atoms with Gasteiger partial charge in [0.25, 0.3) is 0 Å². The fourth-order valence-electron chi connectivity index (χ4n) is 8.79. The number of nitrogens with zero attached hydrogens (tertiary/aromatic N) is 3. The molecule has 4 fully saturated rings. The van der Waals surface area contributed by atoms with Crippen LogP contribution in [0.5, 0.6) is 0 Å². The summed E-state index contributed by atoms with van der Waals surface area (Å²) in [5.74, 6) is -1.26. The molecule has 0 radical (unpaired) electrons. The molecule has 1 aliphatic carbocycles. The maximum atomic E-state index is 14.4. The van der Waals surface area contributed by atoms with Gasteiger partial charge in [-0.15, -0.1) is 12.4 Å². The maximum absolute atomic E-state index is 14.4. The minimum Gasteiger partial charge on any atom is -0.359 e. The Morgan fingerprint density at radius 3 is 2.39 bits per heavy atom. The number of likely N-dealkylation sites (tertiary alicyclic amines) is 1. The highest BCUT2D eigenvalue weighted by atomic mass is 35.5. The number of benzene rings is 2. The van der Waals surface area contributed by atoms with Crippen molar-refractivity contribution in [2.75, 3.05) is 44.6 Å². The van der Waals surface area contributed by atoms with E-state index in [2.05, 4.69) is 58.5 Å². The number of carbonyl (C=O) groups excluding carboxylic acids is 3. The minimum atomic E-state index is -1.17. The van der Waals surface area contributed by atoms with Gasteiger partial charge in [0.15, 0.2) is 0 Å². The van der Waals surface area contributed by atoms with Crippen LogP contribution in [0.1, 0.15) is 45.1 Å². The van der Waals surface area contributed by atoms with Crippen LogP contribution in [0, 0.1) is 23.7 Å². The van der Waals surface area contributed by atoms with Gasteiger partial charge in [0.1, 0.15) is 11.6 Å². The van der Waals surface area contributed by atoms with Gasteiger partial charge in [-0.1, -0.05) is 80.8 Å². The molecule has 11 heteroatoms. The SMILES string of the molecule is CC1CCCC(NC(=O)C2N(CCCN3CCN(Cc4ccccc4)CC3)C(=O)C3C(C(=O)Nc4ccc(Cl)cc4)C4C=CC32O4)C1C.Cl. The summed E-state index contributed by atoms with van der Waals surface area (Å²) in [4.78, 5) is 49.2. The van der Waals surface area contributed by atoms with E-state index in [0.717, 1.165) is 65.0 Å². The highest BCUT2D eigenvalue weighted by Crippen LogP contribution is 2.55. The predicted octanol–water partition coefficient (Wildman–Crippen LogP) is 5.00. The quantitative estimate of drug-likeness (QED) is 0.338. The van der Waals surface area contributed by atoms with Gasteiger partial charge in [-0.05, 0) is 61.1 Å². The van der Waals surface area contributed by atoms with Gasteiger partial charge in [0.05, 0.1) is 17.9 Å². The fourth-order valence-corrected chi connectivity index (χ4v) is 8.92. The van der Waals surface area contributed by atoms with E-state index in [9.17, 15) is 14.4 Å². The summed E-state index contributed by atoms with van der Waals surface area (Å²) in [6, 6.07) is 16.7. The highest BCUT2D eigenvalue weighted by molar-refractivity contribution is 6.30. The molecular formula is C38H49Cl2N5O4. The van der Waals surface area contributed by atoms with Gasteiger partial charge in [0.2, 0.25) is 17.7 Å². The van der Waals surface area contributed by atoms with Crippen molar-refractivity contribution in [3.63, 3.8) is 0 Å². The zero-order chi connectivity index (χ0) is 33.4. The Morgan fingerprint density at radius 1 is 0.939 bits per heavy atom. The van der Waals surface area contributed by atoms with Crippen LogP contribution in [0.3, 0.4) is 0 Å². The first kappa shape index (κ1) is 35.9. The first-order valence-corrected chi connectivity index (χ1v) is 18.1. The molecule has 5 aliphatic rings. The lowest BCUT2D eigenvalue weighted by atomic mass is 9.73. The minimum absolute atomic E-state index is 0. The summed E-state index contributed by atoms with van der Waals surface area (Å²) >= 11 is 6.06. The van der Waals surface area contributed by atoms with Crippen molar-refractivity contribution in [2.45, 2.75) is 69.9 Å². The molecule has 1 saturated carbocycles. The number of hydrogen-bond donors (Lipinski definition) is 2. The second-order valence-electron chi connectivity index (χ2n) is 14.6. The van der Waals surface area contributed by atoms with Gasteiger partial charge >= 0.3 is 0 Å². The third-order valence-corrected chi connectivity index (χ3v) is 11.9. The first-order valence-electron chi connectivity index (χ1n) is 17.8. The Kier molecular flexibility index (Phi) is 11.1. The highest BCUT2D eigenvalue weighted by Gasteiger charge is 2.72. The predicted molar refractivity (Wildman–Crippen MR) is 193 cm³/mol. The average molecular weight is 711 g/mol. The van der Waals surface area contributed by atoms with Crippen molar-refractivity contribution in [1.82, 2.24) is 20.0 Å². The van der Waals surface area contributed by atoms with Crippen LogP contribution in [-0.2, 0) is 25.7 Å². The standard InChI is InChI=1S/C38H48ClN5O4.ClH/c1-25-8-6-11-30(26(25)2)41-36(46)34-38-17-16-31(48-38)32(35(45)40-29-14-12-28(39)13-15-29)33(38)37(47)44(34)19-7-18-42-20-22-43(23-21-42)24-27-9-4-3-5-10-27;/h3-5,9-10,12-17,25-26,30-34H,6-8,11,18-24H2,1-2H3,(H,40,45)(H,41,46);1H. The maximum Gasteiger partial charge on any atom is 0.246 e. The first-order chi connectivity index (χ1) is 23.2. The van der Waals surface area contributed by atoms with Gasteiger partial charge in [-0.2, -0.15) is 0 Å². The molecule has 264 valence electrons. The van der Waals surface area contributed by atoms with Crippen molar-refractivity contribution >= 4 is 47.4 Å². The lowest BCUT2D eigenvalue weighted by molar-refractivity contribution is -0.141. The largest absolute Gasteiger partial charge is 0.359 e. The lowest BCUT2D eigenvalue weighted by Gasteiger charge is -2.38. The summed E-state index contributed by atoms with van der Waals surface area (Å²) in [6.07, 6.45) is 7.10. The van der Waals surface area contributed by atoms with Crippen molar-refractivity contribution in [1.29, 1.82) is 0 Å². The molecule has 2 N–H and O–H groups in total. The van der Waals surface area contributed by atoms with E-state index in [-0.39, 0.29) is 36.2 Å². The molecule has 49 heavy (non-hydrogen) atoms. The van der Waals surface area contributed by atoms with Gasteiger partial charge in [0, 0.05) is 56.0 Å². The number of piperazine rings is 1. The van der Waals surface area contributed by atoms with Crippen molar-refractivity contribution in [3.8, 4) is 0 Å². The number of rotatable bonds is 10. The zero-order valence-corrected chi connectivity index (χ0v) is 30.0. The number of halogens is 2. The number of ether oxygens (including phenoxy) is 1. The number of carbonyl (C=O) groups is 3. The van der Waals surface area contributed by atoms with Crippen LogP contribution >= 0.6 is 24.0 Å². The van der Waals surface area contributed by atoms with Crippen LogP contribution < -0.4 is 10.6 Å². The van der Waals surface area contributed by atoms with Crippen LogP contribution in [0.25, 0.3) is 0 Å². The van der Waals surface area contributed by atoms with Crippen LogP contribution in [0.15, 0.2) is 66.7 Å². The van der Waals surface area contributed by atoms with E-state index in [1.54, 1.807) is 29.2 Å². The molecule has 2 aromatic rings. The van der Waals surface area contributed by atoms with E-state index < -0.39 is 29.6 Å². The van der Waals surface area contributed by atoms with E-state index in [4.69, 9.17) is 16.3 Å². The Labute approximate surface area is 301 Å². The van der Waals surface area contributed by atoms with Gasteiger partial charge < -0.3 is 25.2 Å². The number of fused-ring (bicyclic) bond motifs is 1. The average Bonchev–Trinajstić information content (AvgIpc) is 3.73. The smallest absolute Gasteiger partial charge is 0.246 e. The molecule has 4 heterocycles. The molecule has 1 spiro atoms. The van der Waals surface area contributed by atoms with Crippen LogP contribution in [-0.4, -0.2) is 95.5 Å². The number of nitrogens with one attached hydrogen (secondary N) is 2. The molecular weight excluding hydrogens is 661 g/mol. The normalized spacial score (nSPS) is 32.5. The molecule has 8 atom stereocenters. The number of anilines is 1. The van der Waals surface area contributed by atoms with E-state index in [1.165, 1.54) is 5.56 Å². The monoisotopic (exact) mass is 709 g/mol. The topological polar surface area (TPSA) is 94.2 Å². The van der Waals surface area contributed by atoms with Gasteiger partial charge in [-0.3, -0.25) is 19.3 Å². The molecule has 8 unspecified atom stereocenters. The molecule has 7 rings (SSSR count). The lowest BCUT2D eigenvalue weighted by Crippen LogP contribution is -2.58. The molecule has 0 aromatic heterocycles.